The van der Waals surface area contributed by atoms with Gasteiger partial charge in [0, 0.05) is 35.0 Å². The minimum Gasteiger partial charge on any atom is -0.477 e. The Hall–Kier alpha value is -1.95. The number of carbonyl (C=O) groups is 1. The van der Waals surface area contributed by atoms with Crippen LogP contribution in [0.3, 0.4) is 0 Å². The Morgan fingerprint density at radius 3 is 2.79 bits per heavy atom. The van der Waals surface area contributed by atoms with Crippen LogP contribution < -0.4 is 5.43 Å². The van der Waals surface area contributed by atoms with Crippen molar-refractivity contribution in [3.05, 3.63) is 68.3 Å². The molecule has 0 amide bonds. The van der Waals surface area contributed by atoms with Crippen molar-refractivity contribution in [3.63, 3.8) is 0 Å². The zero-order chi connectivity index (χ0) is 14.0. The Bertz CT molecular complexity index is 697. The van der Waals surface area contributed by atoms with E-state index in [9.17, 15) is 14.0 Å². The molecule has 2 rings (SSSR count). The maximum atomic E-state index is 13.6. The number of hydrogen-bond acceptors (Lipinski definition) is 2. The van der Waals surface area contributed by atoms with Gasteiger partial charge in [0.25, 0.3) is 0 Å². The van der Waals surface area contributed by atoms with Gasteiger partial charge in [-0.25, -0.2) is 9.18 Å². The normalized spacial score (nSPS) is 10.4. The van der Waals surface area contributed by atoms with E-state index < -0.39 is 17.2 Å². The van der Waals surface area contributed by atoms with Gasteiger partial charge >= 0.3 is 5.97 Å². The molecule has 0 saturated carbocycles. The second-order valence-electron chi connectivity index (χ2n) is 3.94. The summed E-state index contributed by atoms with van der Waals surface area (Å²) >= 11 is 3.24. The lowest BCUT2D eigenvalue weighted by molar-refractivity contribution is 0.0694. The first-order valence-electron chi connectivity index (χ1n) is 5.34. The van der Waals surface area contributed by atoms with E-state index in [-0.39, 0.29) is 12.1 Å². The Morgan fingerprint density at radius 1 is 1.37 bits per heavy atom. The van der Waals surface area contributed by atoms with Gasteiger partial charge in [-0.15, -0.1) is 0 Å². The lowest BCUT2D eigenvalue weighted by Gasteiger charge is -2.08. The molecule has 0 spiro atoms. The quantitative estimate of drug-likeness (QED) is 0.943. The minimum absolute atomic E-state index is 0.145. The SMILES string of the molecule is O=C(O)c1cn(Cc2cc(Br)ccc2F)ccc1=O. The number of carboxylic acid groups (broad SMARTS) is 1. The molecule has 0 aliphatic rings. The first-order chi connectivity index (χ1) is 8.97. The third-order valence-corrected chi connectivity index (χ3v) is 3.06. The van der Waals surface area contributed by atoms with Gasteiger partial charge in [0.05, 0.1) is 0 Å². The molecule has 0 atom stereocenters. The molecule has 4 nitrogen and oxygen atoms in total. The predicted molar refractivity (Wildman–Crippen MR) is 70.9 cm³/mol. The fraction of sp³-hybridized carbons (Fsp3) is 0.0769. The van der Waals surface area contributed by atoms with Crippen molar-refractivity contribution >= 4 is 21.9 Å². The van der Waals surface area contributed by atoms with Crippen molar-refractivity contribution in [2.45, 2.75) is 6.54 Å². The van der Waals surface area contributed by atoms with E-state index in [0.717, 1.165) is 10.5 Å². The Morgan fingerprint density at radius 2 is 2.11 bits per heavy atom. The number of carboxylic acids is 1. The van der Waals surface area contributed by atoms with Gasteiger partial charge in [0.1, 0.15) is 11.4 Å². The highest BCUT2D eigenvalue weighted by Crippen LogP contribution is 2.16. The van der Waals surface area contributed by atoms with Crippen LogP contribution in [0.1, 0.15) is 15.9 Å². The van der Waals surface area contributed by atoms with E-state index in [1.165, 1.54) is 23.0 Å². The molecule has 1 heterocycles. The van der Waals surface area contributed by atoms with Gasteiger partial charge in [-0.3, -0.25) is 4.79 Å². The molecule has 0 aliphatic heterocycles. The molecule has 0 bridgehead atoms. The molecule has 0 radical (unpaired) electrons. The maximum absolute atomic E-state index is 13.6. The summed E-state index contributed by atoms with van der Waals surface area (Å²) in [5.41, 5.74) is -0.509. The summed E-state index contributed by atoms with van der Waals surface area (Å²) in [6.07, 6.45) is 2.63. The number of pyridine rings is 1. The van der Waals surface area contributed by atoms with Crippen LogP contribution in [-0.4, -0.2) is 15.6 Å². The standard InChI is InChI=1S/C13H9BrFNO3/c14-9-1-2-11(15)8(5-9)6-16-4-3-12(17)10(7-16)13(18)19/h1-5,7H,6H2,(H,18,19). The molecule has 98 valence electrons. The average molecular weight is 326 g/mol. The molecule has 6 heteroatoms. The predicted octanol–water partition coefficient (Wildman–Crippen LogP) is 2.50. The van der Waals surface area contributed by atoms with Crippen LogP contribution in [0.5, 0.6) is 0 Å². The van der Waals surface area contributed by atoms with E-state index in [4.69, 9.17) is 5.11 Å². The second-order valence-corrected chi connectivity index (χ2v) is 4.85. The average Bonchev–Trinajstić information content (AvgIpc) is 2.36. The molecule has 0 fully saturated rings. The van der Waals surface area contributed by atoms with Crippen molar-refractivity contribution in [1.82, 2.24) is 4.57 Å². The summed E-state index contributed by atoms with van der Waals surface area (Å²) in [6.45, 7) is 0.145. The van der Waals surface area contributed by atoms with Gasteiger partial charge < -0.3 is 9.67 Å². The molecular weight excluding hydrogens is 317 g/mol. The Kier molecular flexibility index (Phi) is 3.80. The van der Waals surface area contributed by atoms with E-state index in [1.54, 1.807) is 12.1 Å². The maximum Gasteiger partial charge on any atom is 0.341 e. The van der Waals surface area contributed by atoms with Gasteiger partial charge in [-0.05, 0) is 18.2 Å². The summed E-state index contributed by atoms with van der Waals surface area (Å²) in [4.78, 5) is 22.2. The number of aromatic nitrogens is 1. The zero-order valence-corrected chi connectivity index (χ0v) is 11.2. The van der Waals surface area contributed by atoms with Gasteiger partial charge in [-0.2, -0.15) is 0 Å². The molecule has 1 N–H and O–H groups in total. The summed E-state index contributed by atoms with van der Waals surface area (Å²) < 4.78 is 15.8. The molecule has 0 saturated heterocycles. The third kappa shape index (κ3) is 3.08. The molecule has 1 aromatic carbocycles. The van der Waals surface area contributed by atoms with Crippen LogP contribution in [0, 0.1) is 5.82 Å². The number of rotatable bonds is 3. The van der Waals surface area contributed by atoms with Crippen LogP contribution in [-0.2, 0) is 6.54 Å². The van der Waals surface area contributed by atoms with Crippen molar-refractivity contribution in [2.75, 3.05) is 0 Å². The monoisotopic (exact) mass is 325 g/mol. The number of hydrogen-bond donors (Lipinski definition) is 1. The van der Waals surface area contributed by atoms with Crippen molar-refractivity contribution < 1.29 is 14.3 Å². The van der Waals surface area contributed by atoms with Crippen molar-refractivity contribution in [1.29, 1.82) is 0 Å². The topological polar surface area (TPSA) is 59.3 Å². The largest absolute Gasteiger partial charge is 0.477 e. The van der Waals surface area contributed by atoms with Gasteiger partial charge in [-0.1, -0.05) is 15.9 Å². The Labute approximate surface area is 116 Å². The molecule has 0 aliphatic carbocycles. The molecule has 0 unspecified atom stereocenters. The van der Waals surface area contributed by atoms with Crippen molar-refractivity contribution in [3.8, 4) is 0 Å². The van der Waals surface area contributed by atoms with Crippen LogP contribution >= 0.6 is 15.9 Å². The Balaban J connectivity index is 2.39. The lowest BCUT2D eigenvalue weighted by atomic mass is 10.2. The third-order valence-electron chi connectivity index (χ3n) is 2.57. The van der Waals surface area contributed by atoms with Gasteiger partial charge in [0.2, 0.25) is 0 Å². The highest BCUT2D eigenvalue weighted by Gasteiger charge is 2.09. The first kappa shape index (κ1) is 13.5. The minimum atomic E-state index is -1.30. The van der Waals surface area contributed by atoms with Crippen LogP contribution in [0.15, 0.2) is 45.9 Å². The molecular formula is C13H9BrFNO3. The van der Waals surface area contributed by atoms with E-state index in [2.05, 4.69) is 15.9 Å². The summed E-state index contributed by atoms with van der Waals surface area (Å²) in [5, 5.41) is 8.86. The van der Waals surface area contributed by atoms with E-state index in [1.807, 2.05) is 0 Å². The highest BCUT2D eigenvalue weighted by atomic mass is 79.9. The van der Waals surface area contributed by atoms with Crippen molar-refractivity contribution in [2.24, 2.45) is 0 Å². The number of aromatic carboxylic acids is 1. The summed E-state index contributed by atoms with van der Waals surface area (Å²) in [6, 6.07) is 5.65. The highest BCUT2D eigenvalue weighted by molar-refractivity contribution is 9.10. The van der Waals surface area contributed by atoms with Crippen LogP contribution in [0.4, 0.5) is 4.39 Å². The molecule has 19 heavy (non-hydrogen) atoms. The summed E-state index contributed by atoms with van der Waals surface area (Å²) in [7, 11) is 0. The number of benzene rings is 1. The van der Waals surface area contributed by atoms with E-state index >= 15 is 0 Å². The van der Waals surface area contributed by atoms with Crippen LogP contribution in [0.2, 0.25) is 0 Å². The first-order valence-corrected chi connectivity index (χ1v) is 6.14. The fourth-order valence-corrected chi connectivity index (χ4v) is 2.05. The number of nitrogens with zero attached hydrogens (tertiary/aromatic N) is 1. The lowest BCUT2D eigenvalue weighted by Crippen LogP contribution is -2.17. The second kappa shape index (κ2) is 5.36. The fourth-order valence-electron chi connectivity index (χ4n) is 1.65. The van der Waals surface area contributed by atoms with E-state index in [0.29, 0.717) is 5.56 Å². The van der Waals surface area contributed by atoms with Crippen LogP contribution in [0.25, 0.3) is 0 Å². The number of halogens is 2. The zero-order valence-electron chi connectivity index (χ0n) is 9.64. The summed E-state index contributed by atoms with van der Waals surface area (Å²) in [5.74, 6) is -1.69. The van der Waals surface area contributed by atoms with Gasteiger partial charge in [0.15, 0.2) is 5.43 Å². The molecule has 2 aromatic rings. The molecule has 1 aromatic heterocycles. The smallest absolute Gasteiger partial charge is 0.341 e.